The zero-order valence-corrected chi connectivity index (χ0v) is 21.9. The van der Waals surface area contributed by atoms with Crippen LogP contribution < -0.4 is 10.4 Å². The Balaban J connectivity index is 2.19. The molecule has 0 bridgehead atoms. The molecule has 2 rings (SSSR count). The van der Waals surface area contributed by atoms with Crippen LogP contribution in [0.25, 0.3) is 0 Å². The molecule has 0 amide bonds. The molecule has 2 aromatic rings. The number of hydrogen-bond acceptors (Lipinski definition) is 2. The van der Waals surface area contributed by atoms with Crippen molar-refractivity contribution in [2.75, 3.05) is 13.2 Å². The minimum Gasteiger partial charge on any atom is -0.407 e. The monoisotopic (exact) mass is 450 g/mol. The first kappa shape index (κ1) is 26.3. The van der Waals surface area contributed by atoms with Gasteiger partial charge in [-0.3, -0.25) is 0 Å². The van der Waals surface area contributed by atoms with Gasteiger partial charge in [-0.1, -0.05) is 112 Å². The Hall–Kier alpha value is -1.94. The van der Waals surface area contributed by atoms with E-state index in [0.29, 0.717) is 5.92 Å². The molecule has 0 aliphatic carbocycles. The fourth-order valence-electron chi connectivity index (χ4n) is 4.36. The lowest BCUT2D eigenvalue weighted by Crippen LogP contribution is -2.66. The SMILES string of the molecule is C/C(=C\CO)CC/C=C(\C)[C@H](C)CCO[Si](c1ccccc1)(c1ccccc1)C(C)(C)C. The van der Waals surface area contributed by atoms with Crippen LogP contribution in [0.4, 0.5) is 0 Å². The molecule has 2 nitrogen and oxygen atoms in total. The van der Waals surface area contributed by atoms with Crippen LogP contribution in [0.1, 0.15) is 60.8 Å². The standard InChI is InChI=1S/C29H42O2Si/c1-24(20-22-30)14-13-15-25(2)26(3)21-23-31-32(29(4,5)6,27-16-9-7-10-17-27)28-18-11-8-12-19-28/h7-12,15-20,26,30H,13-14,21-23H2,1-6H3/b24-20+,25-15+/t26-/m1/s1. The Morgan fingerprint density at radius 3 is 1.94 bits per heavy atom. The summed E-state index contributed by atoms with van der Waals surface area (Å²) in [6, 6.07) is 21.7. The van der Waals surface area contributed by atoms with E-state index in [-0.39, 0.29) is 11.6 Å². The number of aliphatic hydroxyl groups is 1. The third-order valence-electron chi connectivity index (χ3n) is 6.51. The highest BCUT2D eigenvalue weighted by Gasteiger charge is 2.49. The molecule has 0 aliphatic rings. The summed E-state index contributed by atoms with van der Waals surface area (Å²) in [7, 11) is -2.45. The largest absolute Gasteiger partial charge is 0.407 e. The lowest BCUT2D eigenvalue weighted by molar-refractivity contribution is 0.276. The van der Waals surface area contributed by atoms with E-state index in [9.17, 15) is 0 Å². The highest BCUT2D eigenvalue weighted by Crippen LogP contribution is 2.37. The van der Waals surface area contributed by atoms with Gasteiger partial charge in [0.25, 0.3) is 8.32 Å². The summed E-state index contributed by atoms with van der Waals surface area (Å²) in [5, 5.41) is 11.7. The number of benzene rings is 2. The van der Waals surface area contributed by atoms with E-state index in [0.717, 1.165) is 25.9 Å². The van der Waals surface area contributed by atoms with Gasteiger partial charge in [0.1, 0.15) is 0 Å². The Bertz CT molecular complexity index is 824. The van der Waals surface area contributed by atoms with Gasteiger partial charge in [0.2, 0.25) is 0 Å². The summed E-state index contributed by atoms with van der Waals surface area (Å²) in [5.41, 5.74) is 2.67. The predicted octanol–water partition coefficient (Wildman–Crippen LogP) is 6.25. The lowest BCUT2D eigenvalue weighted by atomic mass is 9.97. The molecule has 0 radical (unpaired) electrons. The molecule has 0 saturated carbocycles. The molecule has 0 aliphatic heterocycles. The molecule has 174 valence electrons. The van der Waals surface area contributed by atoms with Gasteiger partial charge in [-0.25, -0.2) is 0 Å². The van der Waals surface area contributed by atoms with Crippen molar-refractivity contribution in [2.24, 2.45) is 5.92 Å². The van der Waals surface area contributed by atoms with Crippen LogP contribution in [0.2, 0.25) is 5.04 Å². The average molecular weight is 451 g/mol. The van der Waals surface area contributed by atoms with Crippen LogP contribution in [0.15, 0.2) is 84.0 Å². The number of allylic oxidation sites excluding steroid dienone is 3. The maximum atomic E-state index is 9.02. The predicted molar refractivity (Wildman–Crippen MR) is 141 cm³/mol. The summed E-state index contributed by atoms with van der Waals surface area (Å²) < 4.78 is 7.04. The molecule has 0 saturated heterocycles. The van der Waals surface area contributed by atoms with Crippen molar-refractivity contribution in [1.82, 2.24) is 0 Å². The second-order valence-electron chi connectivity index (χ2n) is 9.92. The molecule has 0 unspecified atom stereocenters. The van der Waals surface area contributed by atoms with Gasteiger partial charge in [-0.05, 0) is 54.4 Å². The minimum atomic E-state index is -2.45. The third kappa shape index (κ3) is 6.78. The maximum absolute atomic E-state index is 9.02. The van der Waals surface area contributed by atoms with E-state index in [2.05, 4.69) is 108 Å². The highest BCUT2D eigenvalue weighted by molar-refractivity contribution is 6.99. The lowest BCUT2D eigenvalue weighted by Gasteiger charge is -2.43. The summed E-state index contributed by atoms with van der Waals surface area (Å²) in [4.78, 5) is 0. The fourth-order valence-corrected chi connectivity index (χ4v) is 8.94. The Labute approximate surface area is 197 Å². The molecule has 32 heavy (non-hydrogen) atoms. The highest BCUT2D eigenvalue weighted by atomic mass is 28.4. The Kier molecular flexibility index (Phi) is 10.1. The van der Waals surface area contributed by atoms with Gasteiger partial charge in [0.15, 0.2) is 0 Å². The van der Waals surface area contributed by atoms with Crippen molar-refractivity contribution in [3.63, 3.8) is 0 Å². The van der Waals surface area contributed by atoms with Gasteiger partial charge in [0, 0.05) is 6.61 Å². The zero-order chi connectivity index (χ0) is 23.6. The van der Waals surface area contributed by atoms with Crippen molar-refractivity contribution in [3.8, 4) is 0 Å². The summed E-state index contributed by atoms with van der Waals surface area (Å²) in [6.07, 6.45) is 7.28. The van der Waals surface area contributed by atoms with Crippen molar-refractivity contribution < 1.29 is 9.53 Å². The van der Waals surface area contributed by atoms with E-state index in [1.54, 1.807) is 0 Å². The minimum absolute atomic E-state index is 0.0143. The average Bonchev–Trinajstić information content (AvgIpc) is 2.77. The van der Waals surface area contributed by atoms with Crippen LogP contribution in [0, 0.1) is 5.92 Å². The summed E-state index contributed by atoms with van der Waals surface area (Å²) in [6.45, 7) is 14.5. The second kappa shape index (κ2) is 12.3. The third-order valence-corrected chi connectivity index (χ3v) is 11.6. The van der Waals surface area contributed by atoms with E-state index in [1.165, 1.54) is 21.5 Å². The van der Waals surface area contributed by atoms with E-state index in [1.807, 2.05) is 6.08 Å². The Morgan fingerprint density at radius 1 is 0.938 bits per heavy atom. The van der Waals surface area contributed by atoms with Crippen molar-refractivity contribution >= 4 is 18.7 Å². The van der Waals surface area contributed by atoms with Gasteiger partial charge in [-0.2, -0.15) is 0 Å². The molecule has 0 fully saturated rings. The molecule has 0 spiro atoms. The zero-order valence-electron chi connectivity index (χ0n) is 20.9. The van der Waals surface area contributed by atoms with E-state index < -0.39 is 8.32 Å². The molecular formula is C29H42O2Si. The molecule has 2 aromatic carbocycles. The van der Waals surface area contributed by atoms with Crippen LogP contribution in [0.5, 0.6) is 0 Å². The second-order valence-corrected chi connectivity index (χ2v) is 14.2. The summed E-state index contributed by atoms with van der Waals surface area (Å²) in [5.74, 6) is 0.482. The molecule has 1 N–H and O–H groups in total. The normalized spacial score (nSPS) is 14.5. The van der Waals surface area contributed by atoms with Crippen molar-refractivity contribution in [2.45, 2.75) is 65.8 Å². The van der Waals surface area contributed by atoms with Crippen LogP contribution >= 0.6 is 0 Å². The summed E-state index contributed by atoms with van der Waals surface area (Å²) >= 11 is 0. The van der Waals surface area contributed by atoms with Crippen molar-refractivity contribution in [1.29, 1.82) is 0 Å². The Morgan fingerprint density at radius 2 is 1.47 bits per heavy atom. The molecular weight excluding hydrogens is 408 g/mol. The van der Waals surface area contributed by atoms with Gasteiger partial charge in [0.05, 0.1) is 6.61 Å². The molecule has 1 atom stereocenters. The van der Waals surface area contributed by atoms with Crippen molar-refractivity contribution in [3.05, 3.63) is 84.0 Å². The topological polar surface area (TPSA) is 29.5 Å². The number of rotatable bonds is 11. The first-order chi connectivity index (χ1) is 15.2. The number of aliphatic hydroxyl groups excluding tert-OH is 1. The fraction of sp³-hybridized carbons (Fsp3) is 0.448. The molecule has 3 heteroatoms. The molecule has 0 aromatic heterocycles. The van der Waals surface area contributed by atoms with E-state index >= 15 is 0 Å². The smallest absolute Gasteiger partial charge is 0.261 e. The quantitative estimate of drug-likeness (QED) is 0.324. The number of hydrogen-bond donors (Lipinski definition) is 1. The first-order valence-electron chi connectivity index (χ1n) is 11.9. The van der Waals surface area contributed by atoms with Crippen LogP contribution in [-0.4, -0.2) is 26.6 Å². The van der Waals surface area contributed by atoms with Gasteiger partial charge < -0.3 is 9.53 Å². The first-order valence-corrected chi connectivity index (χ1v) is 13.8. The van der Waals surface area contributed by atoms with Crippen LogP contribution in [0.3, 0.4) is 0 Å². The van der Waals surface area contributed by atoms with Gasteiger partial charge >= 0.3 is 0 Å². The molecule has 0 heterocycles. The van der Waals surface area contributed by atoms with E-state index in [4.69, 9.17) is 9.53 Å². The van der Waals surface area contributed by atoms with Crippen LogP contribution in [-0.2, 0) is 4.43 Å². The maximum Gasteiger partial charge on any atom is 0.261 e. The van der Waals surface area contributed by atoms with Gasteiger partial charge in [-0.15, -0.1) is 0 Å².